The van der Waals surface area contributed by atoms with E-state index in [1.807, 2.05) is 11.9 Å². The fourth-order valence-corrected chi connectivity index (χ4v) is 4.20. The number of carbonyl (C=O) groups excluding carboxylic acids is 1. The highest BCUT2D eigenvalue weighted by atomic mass is 35.5. The molecule has 1 fully saturated rings. The molecule has 1 aliphatic carbocycles. The highest BCUT2D eigenvalue weighted by molar-refractivity contribution is 7.90. The van der Waals surface area contributed by atoms with Crippen LogP contribution in [0, 0.1) is 0 Å². The van der Waals surface area contributed by atoms with Gasteiger partial charge in [0.2, 0.25) is 11.7 Å². The molecule has 0 amide bonds. The molecule has 1 aromatic carbocycles. The van der Waals surface area contributed by atoms with Crippen LogP contribution in [-0.4, -0.2) is 53.3 Å². The number of ketones is 1. The average molecular weight is 398 g/mol. The second-order valence-corrected chi connectivity index (χ2v) is 9.02. The Kier molecular flexibility index (Phi) is 4.85. The van der Waals surface area contributed by atoms with Crippen molar-refractivity contribution in [3.63, 3.8) is 0 Å². The standard InChI is InChI=1S/C17H20ClN3O4S/c1-20(10-4-5-10)9-13-14(26(3,24)25)7-6-11(15(13)18)16(22)12-8-19-21(2)17(12)23/h6-8,10,23H,4-5,9H2,1-3H3. The normalized spacial score (nSPS) is 14.8. The van der Waals surface area contributed by atoms with Gasteiger partial charge in [-0.25, -0.2) is 13.1 Å². The average Bonchev–Trinajstić information content (AvgIpc) is 3.35. The molecule has 1 heterocycles. The van der Waals surface area contributed by atoms with Crippen molar-refractivity contribution in [1.82, 2.24) is 14.7 Å². The number of aryl methyl sites for hydroxylation is 1. The monoisotopic (exact) mass is 397 g/mol. The van der Waals surface area contributed by atoms with Gasteiger partial charge in [0.15, 0.2) is 9.84 Å². The first kappa shape index (κ1) is 18.9. The number of hydrogen-bond acceptors (Lipinski definition) is 6. The molecule has 2 aromatic rings. The number of nitrogens with zero attached hydrogens (tertiary/aromatic N) is 3. The molecular weight excluding hydrogens is 378 g/mol. The van der Waals surface area contributed by atoms with E-state index in [1.165, 1.54) is 30.1 Å². The summed E-state index contributed by atoms with van der Waals surface area (Å²) >= 11 is 6.47. The van der Waals surface area contributed by atoms with Gasteiger partial charge in [0.25, 0.3) is 0 Å². The van der Waals surface area contributed by atoms with Crippen molar-refractivity contribution in [3.8, 4) is 5.88 Å². The lowest BCUT2D eigenvalue weighted by molar-refractivity contribution is 0.103. The largest absolute Gasteiger partial charge is 0.493 e. The van der Waals surface area contributed by atoms with Crippen LogP contribution in [0.3, 0.4) is 0 Å². The molecule has 0 radical (unpaired) electrons. The van der Waals surface area contributed by atoms with Gasteiger partial charge in [-0.05, 0) is 32.0 Å². The Hall–Kier alpha value is -1.90. The number of aromatic nitrogens is 2. The van der Waals surface area contributed by atoms with E-state index in [2.05, 4.69) is 5.10 Å². The van der Waals surface area contributed by atoms with Gasteiger partial charge in [-0.3, -0.25) is 9.69 Å². The third kappa shape index (κ3) is 3.49. The van der Waals surface area contributed by atoms with Crippen molar-refractivity contribution in [2.24, 2.45) is 7.05 Å². The molecule has 3 rings (SSSR count). The Morgan fingerprint density at radius 1 is 1.38 bits per heavy atom. The van der Waals surface area contributed by atoms with Crippen LogP contribution in [0.5, 0.6) is 5.88 Å². The SMILES string of the molecule is CN(Cc1c(S(C)(=O)=O)ccc(C(=O)c2cnn(C)c2O)c1Cl)C1CC1. The first-order valence-electron chi connectivity index (χ1n) is 8.08. The number of sulfone groups is 1. The Balaban J connectivity index is 2.09. The van der Waals surface area contributed by atoms with Gasteiger partial charge in [0.1, 0.15) is 5.56 Å². The third-order valence-electron chi connectivity index (χ3n) is 4.57. The molecule has 1 N–H and O–H groups in total. The molecule has 1 aromatic heterocycles. The second kappa shape index (κ2) is 6.68. The highest BCUT2D eigenvalue weighted by Crippen LogP contribution is 2.34. The van der Waals surface area contributed by atoms with Crippen molar-refractivity contribution in [2.45, 2.75) is 30.3 Å². The Morgan fingerprint density at radius 2 is 2.04 bits per heavy atom. The smallest absolute Gasteiger partial charge is 0.220 e. The van der Waals surface area contributed by atoms with Crippen LogP contribution in [0.15, 0.2) is 23.2 Å². The fourth-order valence-electron chi connectivity index (χ4n) is 2.90. The van der Waals surface area contributed by atoms with E-state index in [-0.39, 0.29) is 26.9 Å². The number of halogens is 1. The molecule has 0 bridgehead atoms. The van der Waals surface area contributed by atoms with Crippen LogP contribution < -0.4 is 0 Å². The molecule has 0 spiro atoms. The molecule has 0 aliphatic heterocycles. The second-order valence-electron chi connectivity index (χ2n) is 6.66. The Bertz CT molecular complexity index is 980. The van der Waals surface area contributed by atoms with Crippen LogP contribution in [0.4, 0.5) is 0 Å². The van der Waals surface area contributed by atoms with E-state index in [1.54, 1.807) is 0 Å². The highest BCUT2D eigenvalue weighted by Gasteiger charge is 2.30. The number of aromatic hydroxyl groups is 1. The summed E-state index contributed by atoms with van der Waals surface area (Å²) in [5.41, 5.74) is 0.558. The van der Waals surface area contributed by atoms with Gasteiger partial charge in [-0.2, -0.15) is 5.10 Å². The fraction of sp³-hybridized carbons (Fsp3) is 0.412. The first-order valence-corrected chi connectivity index (χ1v) is 10.4. The quantitative estimate of drug-likeness (QED) is 0.749. The van der Waals surface area contributed by atoms with E-state index in [0.29, 0.717) is 18.2 Å². The lowest BCUT2D eigenvalue weighted by atomic mass is 10.0. The minimum Gasteiger partial charge on any atom is -0.493 e. The molecule has 0 saturated heterocycles. The lowest BCUT2D eigenvalue weighted by Crippen LogP contribution is -2.22. The Labute approximate surface area is 157 Å². The van der Waals surface area contributed by atoms with Crippen molar-refractivity contribution in [3.05, 3.63) is 40.0 Å². The summed E-state index contributed by atoms with van der Waals surface area (Å²) < 4.78 is 25.5. The number of rotatable bonds is 6. The van der Waals surface area contributed by atoms with E-state index in [0.717, 1.165) is 19.1 Å². The topological polar surface area (TPSA) is 92.5 Å². The van der Waals surface area contributed by atoms with Crippen molar-refractivity contribution in [2.75, 3.05) is 13.3 Å². The van der Waals surface area contributed by atoms with Crippen molar-refractivity contribution in [1.29, 1.82) is 0 Å². The van der Waals surface area contributed by atoms with Gasteiger partial charge >= 0.3 is 0 Å². The summed E-state index contributed by atoms with van der Waals surface area (Å²) in [5, 5.41) is 13.9. The van der Waals surface area contributed by atoms with E-state index in [9.17, 15) is 18.3 Å². The van der Waals surface area contributed by atoms with Gasteiger partial charge in [0.05, 0.1) is 16.1 Å². The van der Waals surface area contributed by atoms with Crippen LogP contribution in [-0.2, 0) is 23.4 Å². The molecule has 0 unspecified atom stereocenters. The zero-order valence-corrected chi connectivity index (χ0v) is 16.3. The molecule has 7 nitrogen and oxygen atoms in total. The van der Waals surface area contributed by atoms with Gasteiger partial charge < -0.3 is 5.11 Å². The predicted octanol–water partition coefficient (Wildman–Crippen LogP) is 2.01. The minimum atomic E-state index is -3.51. The van der Waals surface area contributed by atoms with Gasteiger partial charge in [0, 0.05) is 37.0 Å². The molecule has 1 aliphatic rings. The summed E-state index contributed by atoms with van der Waals surface area (Å²) in [7, 11) is -0.0916. The number of hydrogen-bond donors (Lipinski definition) is 1. The van der Waals surface area contributed by atoms with Crippen LogP contribution in [0.1, 0.15) is 34.3 Å². The molecule has 9 heteroatoms. The minimum absolute atomic E-state index is 0.0167. The number of carbonyl (C=O) groups is 1. The molecule has 140 valence electrons. The summed E-state index contributed by atoms with van der Waals surface area (Å²) in [6.45, 7) is 0.325. The van der Waals surface area contributed by atoms with E-state index in [4.69, 9.17) is 11.6 Å². The maximum Gasteiger partial charge on any atom is 0.220 e. The first-order chi connectivity index (χ1) is 12.1. The van der Waals surface area contributed by atoms with Crippen LogP contribution in [0.25, 0.3) is 0 Å². The molecular formula is C17H20ClN3O4S. The third-order valence-corrected chi connectivity index (χ3v) is 6.19. The summed E-state index contributed by atoms with van der Waals surface area (Å²) in [5.74, 6) is -0.772. The molecule has 0 atom stereocenters. The lowest BCUT2D eigenvalue weighted by Gasteiger charge is -2.20. The van der Waals surface area contributed by atoms with E-state index >= 15 is 0 Å². The van der Waals surface area contributed by atoms with Gasteiger partial charge in [-0.15, -0.1) is 0 Å². The van der Waals surface area contributed by atoms with Crippen LogP contribution in [0.2, 0.25) is 5.02 Å². The Morgan fingerprint density at radius 3 is 2.54 bits per heavy atom. The maximum atomic E-state index is 12.8. The molecule has 26 heavy (non-hydrogen) atoms. The van der Waals surface area contributed by atoms with Crippen molar-refractivity contribution < 1.29 is 18.3 Å². The van der Waals surface area contributed by atoms with Crippen LogP contribution >= 0.6 is 11.6 Å². The summed E-state index contributed by atoms with van der Waals surface area (Å²) in [6, 6.07) is 3.19. The summed E-state index contributed by atoms with van der Waals surface area (Å²) in [4.78, 5) is 14.9. The maximum absolute atomic E-state index is 12.8. The summed E-state index contributed by atoms with van der Waals surface area (Å²) in [6.07, 6.45) is 4.50. The zero-order chi connectivity index (χ0) is 19.2. The zero-order valence-electron chi connectivity index (χ0n) is 14.7. The van der Waals surface area contributed by atoms with Crippen molar-refractivity contribution >= 4 is 27.2 Å². The predicted molar refractivity (Wildman–Crippen MR) is 97.4 cm³/mol. The molecule has 1 saturated carbocycles. The van der Waals surface area contributed by atoms with Gasteiger partial charge in [-0.1, -0.05) is 11.6 Å². The van der Waals surface area contributed by atoms with E-state index < -0.39 is 15.6 Å². The number of benzene rings is 1.